The van der Waals surface area contributed by atoms with Crippen LogP contribution in [0, 0.1) is 0 Å². The highest BCUT2D eigenvalue weighted by Crippen LogP contribution is 2.34. The Morgan fingerprint density at radius 2 is 1.81 bits per heavy atom. The van der Waals surface area contributed by atoms with Gasteiger partial charge in [0.25, 0.3) is 0 Å². The SMILES string of the molecule is Nc1ccc(Oc2cccc(C(F)(F)F)c2)c2nonc12. The van der Waals surface area contributed by atoms with E-state index in [9.17, 15) is 13.2 Å². The third-order valence-electron chi connectivity index (χ3n) is 2.80. The van der Waals surface area contributed by atoms with Crippen LogP contribution in [0.5, 0.6) is 11.5 Å². The molecule has 0 fully saturated rings. The van der Waals surface area contributed by atoms with Gasteiger partial charge in [-0.2, -0.15) is 13.2 Å². The summed E-state index contributed by atoms with van der Waals surface area (Å²) >= 11 is 0. The molecule has 0 bridgehead atoms. The molecular formula is C13H8F3N3O2. The zero-order chi connectivity index (χ0) is 15.0. The van der Waals surface area contributed by atoms with Crippen LogP contribution in [0.4, 0.5) is 18.9 Å². The number of fused-ring (bicyclic) bond motifs is 1. The van der Waals surface area contributed by atoms with Crippen molar-refractivity contribution >= 4 is 16.7 Å². The van der Waals surface area contributed by atoms with Crippen LogP contribution in [0.15, 0.2) is 41.0 Å². The number of hydrogen-bond acceptors (Lipinski definition) is 5. The molecule has 0 aliphatic carbocycles. The van der Waals surface area contributed by atoms with Gasteiger partial charge in [0.2, 0.25) is 0 Å². The molecule has 108 valence electrons. The van der Waals surface area contributed by atoms with E-state index in [2.05, 4.69) is 14.9 Å². The van der Waals surface area contributed by atoms with E-state index in [0.717, 1.165) is 12.1 Å². The van der Waals surface area contributed by atoms with Gasteiger partial charge in [-0.1, -0.05) is 6.07 Å². The summed E-state index contributed by atoms with van der Waals surface area (Å²) in [5.41, 5.74) is 5.75. The molecule has 0 amide bonds. The molecule has 0 aliphatic rings. The largest absolute Gasteiger partial charge is 0.455 e. The molecular weight excluding hydrogens is 287 g/mol. The number of halogens is 3. The smallest absolute Gasteiger partial charge is 0.416 e. The fourth-order valence-corrected chi connectivity index (χ4v) is 1.81. The molecule has 0 saturated heterocycles. The molecule has 0 aliphatic heterocycles. The molecule has 5 nitrogen and oxygen atoms in total. The second kappa shape index (κ2) is 4.65. The van der Waals surface area contributed by atoms with Crippen molar-refractivity contribution in [3.05, 3.63) is 42.0 Å². The Kier molecular flexibility index (Phi) is 2.93. The van der Waals surface area contributed by atoms with E-state index in [4.69, 9.17) is 10.5 Å². The van der Waals surface area contributed by atoms with Gasteiger partial charge in [0.1, 0.15) is 5.75 Å². The summed E-state index contributed by atoms with van der Waals surface area (Å²) in [6, 6.07) is 7.52. The molecule has 0 atom stereocenters. The van der Waals surface area contributed by atoms with E-state index < -0.39 is 11.7 Å². The number of benzene rings is 2. The average molecular weight is 295 g/mol. The van der Waals surface area contributed by atoms with Crippen molar-refractivity contribution in [3.63, 3.8) is 0 Å². The highest BCUT2D eigenvalue weighted by atomic mass is 19.4. The maximum Gasteiger partial charge on any atom is 0.416 e. The first kappa shape index (κ1) is 13.2. The normalized spacial score (nSPS) is 11.8. The lowest BCUT2D eigenvalue weighted by molar-refractivity contribution is -0.137. The monoisotopic (exact) mass is 295 g/mol. The predicted octanol–water partition coefficient (Wildman–Crippen LogP) is 3.62. The summed E-state index contributed by atoms with van der Waals surface area (Å²) in [7, 11) is 0. The van der Waals surface area contributed by atoms with Crippen LogP contribution in [-0.4, -0.2) is 10.3 Å². The van der Waals surface area contributed by atoms with Crippen LogP contribution in [0.25, 0.3) is 11.0 Å². The van der Waals surface area contributed by atoms with Crippen LogP contribution in [0.3, 0.4) is 0 Å². The summed E-state index contributed by atoms with van der Waals surface area (Å²) in [5.74, 6) is 0.235. The zero-order valence-electron chi connectivity index (χ0n) is 10.4. The van der Waals surface area contributed by atoms with E-state index in [1.165, 1.54) is 24.3 Å². The van der Waals surface area contributed by atoms with E-state index >= 15 is 0 Å². The first-order chi connectivity index (χ1) is 9.95. The van der Waals surface area contributed by atoms with Crippen molar-refractivity contribution in [2.24, 2.45) is 0 Å². The van der Waals surface area contributed by atoms with Gasteiger partial charge >= 0.3 is 6.18 Å². The van der Waals surface area contributed by atoms with E-state index in [1.54, 1.807) is 0 Å². The lowest BCUT2D eigenvalue weighted by atomic mass is 10.2. The van der Waals surface area contributed by atoms with Crippen LogP contribution in [0.1, 0.15) is 5.56 Å². The van der Waals surface area contributed by atoms with Crippen molar-refractivity contribution in [1.82, 2.24) is 10.3 Å². The van der Waals surface area contributed by atoms with Crippen molar-refractivity contribution in [3.8, 4) is 11.5 Å². The minimum atomic E-state index is -4.44. The molecule has 21 heavy (non-hydrogen) atoms. The lowest BCUT2D eigenvalue weighted by Gasteiger charge is -2.10. The Morgan fingerprint density at radius 1 is 1.05 bits per heavy atom. The summed E-state index contributed by atoms with van der Waals surface area (Å²) < 4.78 is 47.9. The van der Waals surface area contributed by atoms with Gasteiger partial charge in [0.05, 0.1) is 11.3 Å². The number of nitrogens with two attached hydrogens (primary N) is 1. The molecule has 1 aromatic heterocycles. The quantitative estimate of drug-likeness (QED) is 0.731. The number of rotatable bonds is 2. The molecule has 3 aromatic rings. The molecule has 0 unspecified atom stereocenters. The first-order valence-corrected chi connectivity index (χ1v) is 5.81. The number of alkyl halides is 3. The van der Waals surface area contributed by atoms with E-state index in [1.807, 2.05) is 0 Å². The van der Waals surface area contributed by atoms with Crippen LogP contribution in [-0.2, 0) is 6.18 Å². The summed E-state index contributed by atoms with van der Waals surface area (Å²) in [6.07, 6.45) is -4.44. The number of nitrogen functional groups attached to an aromatic ring is 1. The van der Waals surface area contributed by atoms with Gasteiger partial charge in [-0.3, -0.25) is 0 Å². The maximum atomic E-state index is 12.7. The number of nitrogens with zero attached hydrogens (tertiary/aromatic N) is 2. The van der Waals surface area contributed by atoms with E-state index in [0.29, 0.717) is 11.2 Å². The summed E-state index contributed by atoms with van der Waals surface area (Å²) in [5, 5.41) is 7.24. The fourth-order valence-electron chi connectivity index (χ4n) is 1.81. The Balaban J connectivity index is 1.99. The number of anilines is 1. The highest BCUT2D eigenvalue weighted by molar-refractivity contribution is 5.90. The topological polar surface area (TPSA) is 74.2 Å². The maximum absolute atomic E-state index is 12.7. The van der Waals surface area contributed by atoms with Gasteiger partial charge in [0.15, 0.2) is 16.8 Å². The van der Waals surface area contributed by atoms with Crippen molar-refractivity contribution in [1.29, 1.82) is 0 Å². The number of aromatic nitrogens is 2. The third kappa shape index (κ3) is 2.47. The zero-order valence-corrected chi connectivity index (χ0v) is 10.4. The van der Waals surface area contributed by atoms with Gasteiger partial charge in [-0.15, -0.1) is 0 Å². The first-order valence-electron chi connectivity index (χ1n) is 5.81. The predicted molar refractivity (Wildman–Crippen MR) is 67.7 cm³/mol. The standard InChI is InChI=1S/C13H8F3N3O2/c14-13(15,16)7-2-1-3-8(6-7)20-10-5-4-9(17)11-12(10)19-21-18-11/h1-6H,17H2. The molecule has 2 N–H and O–H groups in total. The lowest BCUT2D eigenvalue weighted by Crippen LogP contribution is -2.04. The molecule has 1 heterocycles. The Hall–Kier alpha value is -2.77. The summed E-state index contributed by atoms with van der Waals surface area (Å²) in [4.78, 5) is 0. The van der Waals surface area contributed by atoms with Gasteiger partial charge in [-0.05, 0) is 40.6 Å². The molecule has 0 spiro atoms. The van der Waals surface area contributed by atoms with Crippen LogP contribution >= 0.6 is 0 Å². The Bertz CT molecular complexity index is 799. The molecule has 8 heteroatoms. The molecule has 0 radical (unpaired) electrons. The van der Waals surface area contributed by atoms with Crippen LogP contribution in [0.2, 0.25) is 0 Å². The Labute approximate surface area is 116 Å². The van der Waals surface area contributed by atoms with Crippen molar-refractivity contribution in [2.45, 2.75) is 6.18 Å². The van der Waals surface area contributed by atoms with Gasteiger partial charge in [-0.25, -0.2) is 4.63 Å². The minimum absolute atomic E-state index is 0.0268. The number of hydrogen-bond donors (Lipinski definition) is 1. The second-order valence-electron chi connectivity index (χ2n) is 4.24. The Morgan fingerprint density at radius 3 is 2.57 bits per heavy atom. The third-order valence-corrected chi connectivity index (χ3v) is 2.80. The molecule has 2 aromatic carbocycles. The highest BCUT2D eigenvalue weighted by Gasteiger charge is 2.30. The number of ether oxygens (including phenoxy) is 1. The molecule has 3 rings (SSSR count). The summed E-state index contributed by atoms with van der Waals surface area (Å²) in [6.45, 7) is 0. The molecule has 0 saturated carbocycles. The van der Waals surface area contributed by atoms with Gasteiger partial charge in [0, 0.05) is 0 Å². The van der Waals surface area contributed by atoms with E-state index in [-0.39, 0.29) is 17.0 Å². The second-order valence-corrected chi connectivity index (χ2v) is 4.24. The average Bonchev–Trinajstić information content (AvgIpc) is 2.92. The van der Waals surface area contributed by atoms with Gasteiger partial charge < -0.3 is 10.5 Å². The van der Waals surface area contributed by atoms with Crippen LogP contribution < -0.4 is 10.5 Å². The van der Waals surface area contributed by atoms with Crippen molar-refractivity contribution in [2.75, 3.05) is 5.73 Å². The minimum Gasteiger partial charge on any atom is -0.455 e. The van der Waals surface area contributed by atoms with Crippen molar-refractivity contribution < 1.29 is 22.5 Å². The fraction of sp³-hybridized carbons (Fsp3) is 0.0769.